The van der Waals surface area contributed by atoms with E-state index in [1.807, 2.05) is 0 Å². The van der Waals surface area contributed by atoms with E-state index in [1.165, 1.54) is 12.1 Å². The molecule has 0 saturated carbocycles. The molecule has 0 aromatic heterocycles. The molecule has 4 heteroatoms. The second-order valence-corrected chi connectivity index (χ2v) is 5.64. The van der Waals surface area contributed by atoms with Gasteiger partial charge in [0, 0.05) is 18.1 Å². The molecule has 1 fully saturated rings. The fraction of sp³-hybridized carbons (Fsp3) is 0.571. The van der Waals surface area contributed by atoms with E-state index in [0.29, 0.717) is 29.9 Å². The number of halogens is 2. The maximum Gasteiger partial charge on any atom is 0.123 e. The first-order valence-corrected chi connectivity index (χ1v) is 6.84. The van der Waals surface area contributed by atoms with Crippen molar-refractivity contribution < 1.29 is 4.39 Å². The van der Waals surface area contributed by atoms with Crippen LogP contribution in [0, 0.1) is 17.7 Å². The molecule has 1 aromatic rings. The number of nitrogens with zero attached hydrogens (tertiary/aromatic N) is 1. The van der Waals surface area contributed by atoms with Crippen LogP contribution >= 0.6 is 11.6 Å². The Morgan fingerprint density at radius 3 is 3.00 bits per heavy atom. The van der Waals surface area contributed by atoms with Crippen LogP contribution in [0.15, 0.2) is 18.2 Å². The summed E-state index contributed by atoms with van der Waals surface area (Å²) in [5, 5.41) is 0.638. The topological polar surface area (TPSA) is 29.3 Å². The Morgan fingerprint density at radius 2 is 2.28 bits per heavy atom. The van der Waals surface area contributed by atoms with Crippen LogP contribution in [-0.2, 0) is 6.54 Å². The van der Waals surface area contributed by atoms with E-state index in [0.717, 1.165) is 25.1 Å². The molecular formula is C14H20ClFN2. The van der Waals surface area contributed by atoms with Crippen molar-refractivity contribution in [3.8, 4) is 0 Å². The van der Waals surface area contributed by atoms with E-state index in [2.05, 4.69) is 11.8 Å². The molecule has 2 atom stereocenters. The van der Waals surface area contributed by atoms with Gasteiger partial charge in [0.1, 0.15) is 5.82 Å². The SMILES string of the molecule is CC1CCN(Cc2cc(F)ccc2Cl)CC1CN. The second-order valence-electron chi connectivity index (χ2n) is 5.23. The molecule has 1 saturated heterocycles. The second kappa shape index (κ2) is 6.00. The smallest absolute Gasteiger partial charge is 0.123 e. The van der Waals surface area contributed by atoms with Gasteiger partial charge in [0.15, 0.2) is 0 Å². The molecule has 2 unspecified atom stereocenters. The van der Waals surface area contributed by atoms with Crippen molar-refractivity contribution in [1.82, 2.24) is 4.90 Å². The molecular weight excluding hydrogens is 251 g/mol. The van der Waals surface area contributed by atoms with Crippen LogP contribution in [0.1, 0.15) is 18.9 Å². The number of benzene rings is 1. The van der Waals surface area contributed by atoms with E-state index >= 15 is 0 Å². The Balaban J connectivity index is 2.03. The molecule has 0 radical (unpaired) electrons. The lowest BCUT2D eigenvalue weighted by atomic mass is 9.87. The molecule has 2 rings (SSSR count). The molecule has 1 aliphatic rings. The van der Waals surface area contributed by atoms with Crippen molar-refractivity contribution in [3.05, 3.63) is 34.6 Å². The zero-order chi connectivity index (χ0) is 13.1. The maximum absolute atomic E-state index is 13.2. The Labute approximate surface area is 113 Å². The van der Waals surface area contributed by atoms with E-state index in [-0.39, 0.29) is 5.82 Å². The standard InChI is InChI=1S/C14H20ClFN2/c1-10-4-5-18(9-12(10)7-17)8-11-6-13(16)2-3-14(11)15/h2-3,6,10,12H,4-5,7-9,17H2,1H3. The molecule has 0 spiro atoms. The van der Waals surface area contributed by atoms with Crippen LogP contribution in [0.25, 0.3) is 0 Å². The summed E-state index contributed by atoms with van der Waals surface area (Å²) in [6, 6.07) is 4.55. The molecule has 18 heavy (non-hydrogen) atoms. The number of piperidine rings is 1. The third-order valence-electron chi connectivity index (χ3n) is 3.90. The molecule has 0 amide bonds. The fourth-order valence-corrected chi connectivity index (χ4v) is 2.76. The van der Waals surface area contributed by atoms with Crippen LogP contribution < -0.4 is 5.73 Å². The molecule has 1 heterocycles. The summed E-state index contributed by atoms with van der Waals surface area (Å²) in [6.07, 6.45) is 1.15. The van der Waals surface area contributed by atoms with Gasteiger partial charge in [-0.05, 0) is 55.1 Å². The van der Waals surface area contributed by atoms with Gasteiger partial charge in [-0.1, -0.05) is 18.5 Å². The minimum atomic E-state index is -0.227. The van der Waals surface area contributed by atoms with Crippen LogP contribution in [0.3, 0.4) is 0 Å². The van der Waals surface area contributed by atoms with Crippen molar-refractivity contribution >= 4 is 11.6 Å². The zero-order valence-electron chi connectivity index (χ0n) is 10.7. The van der Waals surface area contributed by atoms with Crippen molar-refractivity contribution in [2.75, 3.05) is 19.6 Å². The van der Waals surface area contributed by atoms with Crippen LogP contribution in [0.2, 0.25) is 5.02 Å². The van der Waals surface area contributed by atoms with Crippen molar-refractivity contribution in [3.63, 3.8) is 0 Å². The fourth-order valence-electron chi connectivity index (χ4n) is 2.58. The molecule has 1 aromatic carbocycles. The predicted molar refractivity (Wildman–Crippen MR) is 73.0 cm³/mol. The Morgan fingerprint density at radius 1 is 1.50 bits per heavy atom. The summed E-state index contributed by atoms with van der Waals surface area (Å²) >= 11 is 6.10. The quantitative estimate of drug-likeness (QED) is 0.915. The Kier molecular flexibility index (Phi) is 4.60. The summed E-state index contributed by atoms with van der Waals surface area (Å²) in [6.45, 7) is 5.69. The van der Waals surface area contributed by atoms with Crippen molar-refractivity contribution in [1.29, 1.82) is 0 Å². The minimum Gasteiger partial charge on any atom is -0.330 e. The van der Waals surface area contributed by atoms with Crippen LogP contribution in [-0.4, -0.2) is 24.5 Å². The van der Waals surface area contributed by atoms with Gasteiger partial charge in [-0.2, -0.15) is 0 Å². The molecule has 100 valence electrons. The van der Waals surface area contributed by atoms with Gasteiger partial charge in [0.05, 0.1) is 0 Å². The van der Waals surface area contributed by atoms with Gasteiger partial charge in [0.2, 0.25) is 0 Å². The average molecular weight is 271 g/mol. The van der Waals surface area contributed by atoms with Gasteiger partial charge in [-0.3, -0.25) is 4.90 Å². The lowest BCUT2D eigenvalue weighted by Crippen LogP contribution is -2.42. The molecule has 1 aliphatic heterocycles. The number of hydrogen-bond acceptors (Lipinski definition) is 2. The van der Waals surface area contributed by atoms with Crippen molar-refractivity contribution in [2.45, 2.75) is 19.9 Å². The van der Waals surface area contributed by atoms with Crippen molar-refractivity contribution in [2.24, 2.45) is 17.6 Å². The molecule has 0 bridgehead atoms. The highest BCUT2D eigenvalue weighted by atomic mass is 35.5. The summed E-state index contributed by atoms with van der Waals surface area (Å²) in [7, 11) is 0. The third-order valence-corrected chi connectivity index (χ3v) is 4.27. The summed E-state index contributed by atoms with van der Waals surface area (Å²) in [5.41, 5.74) is 6.65. The highest BCUT2D eigenvalue weighted by Crippen LogP contribution is 2.25. The first-order valence-electron chi connectivity index (χ1n) is 6.46. The van der Waals surface area contributed by atoms with Crippen LogP contribution in [0.4, 0.5) is 4.39 Å². The predicted octanol–water partition coefficient (Wildman–Crippen LogP) is 2.90. The van der Waals surface area contributed by atoms with Crippen LogP contribution in [0.5, 0.6) is 0 Å². The monoisotopic (exact) mass is 270 g/mol. The first kappa shape index (κ1) is 13.8. The van der Waals surface area contributed by atoms with Gasteiger partial charge in [-0.25, -0.2) is 4.39 Å². The van der Waals surface area contributed by atoms with Gasteiger partial charge in [-0.15, -0.1) is 0 Å². The number of hydrogen-bond donors (Lipinski definition) is 1. The molecule has 0 aliphatic carbocycles. The number of likely N-dealkylation sites (tertiary alicyclic amines) is 1. The summed E-state index contributed by atoms with van der Waals surface area (Å²) < 4.78 is 13.2. The average Bonchev–Trinajstić information content (AvgIpc) is 2.36. The highest BCUT2D eigenvalue weighted by Gasteiger charge is 2.25. The largest absolute Gasteiger partial charge is 0.330 e. The Hall–Kier alpha value is -0.640. The summed E-state index contributed by atoms with van der Waals surface area (Å²) in [5.74, 6) is 0.982. The maximum atomic E-state index is 13.2. The van der Waals surface area contributed by atoms with E-state index in [1.54, 1.807) is 6.07 Å². The molecule has 2 N–H and O–H groups in total. The number of rotatable bonds is 3. The van der Waals surface area contributed by atoms with E-state index < -0.39 is 0 Å². The highest BCUT2D eigenvalue weighted by molar-refractivity contribution is 6.31. The lowest BCUT2D eigenvalue weighted by molar-refractivity contribution is 0.126. The Bertz CT molecular complexity index is 411. The normalized spacial score (nSPS) is 25.3. The lowest BCUT2D eigenvalue weighted by Gasteiger charge is -2.36. The van der Waals surface area contributed by atoms with E-state index in [4.69, 9.17) is 17.3 Å². The zero-order valence-corrected chi connectivity index (χ0v) is 11.5. The minimum absolute atomic E-state index is 0.227. The van der Waals surface area contributed by atoms with E-state index in [9.17, 15) is 4.39 Å². The molecule has 2 nitrogen and oxygen atoms in total. The number of nitrogens with two attached hydrogens (primary N) is 1. The summed E-state index contributed by atoms with van der Waals surface area (Å²) in [4.78, 5) is 2.32. The van der Waals surface area contributed by atoms with Gasteiger partial charge >= 0.3 is 0 Å². The van der Waals surface area contributed by atoms with Gasteiger partial charge < -0.3 is 5.73 Å². The van der Waals surface area contributed by atoms with Gasteiger partial charge in [0.25, 0.3) is 0 Å². The first-order chi connectivity index (χ1) is 8.60. The third kappa shape index (κ3) is 3.22.